The fraction of sp³-hybridized carbons (Fsp3) is 0.296. The maximum Gasteiger partial charge on any atom is 0.490 e. The van der Waals surface area contributed by atoms with Crippen LogP contribution in [0.4, 0.5) is 30.7 Å². The van der Waals surface area contributed by atoms with Crippen LogP contribution in [0.1, 0.15) is 30.1 Å². The zero-order valence-electron chi connectivity index (χ0n) is 22.1. The maximum absolute atomic E-state index is 13.1. The predicted octanol–water partition coefficient (Wildman–Crippen LogP) is 5.58. The number of aromatic nitrogens is 4. The summed E-state index contributed by atoms with van der Waals surface area (Å²) in [7, 11) is 0. The molecule has 3 aromatic heterocycles. The van der Waals surface area contributed by atoms with Crippen LogP contribution in [0.5, 0.6) is 0 Å². The molecule has 1 aliphatic heterocycles. The Labute approximate surface area is 239 Å². The van der Waals surface area contributed by atoms with E-state index in [1.165, 1.54) is 12.1 Å². The molecule has 1 aromatic carbocycles. The summed E-state index contributed by atoms with van der Waals surface area (Å²) in [5.74, 6) is -4.39. The van der Waals surface area contributed by atoms with Crippen molar-refractivity contribution < 1.29 is 50.5 Å². The highest BCUT2D eigenvalue weighted by Crippen LogP contribution is 2.28. The van der Waals surface area contributed by atoms with Gasteiger partial charge in [-0.2, -0.15) is 31.4 Å². The first-order chi connectivity index (χ1) is 20.1. The van der Waals surface area contributed by atoms with Crippen molar-refractivity contribution in [2.75, 3.05) is 13.1 Å². The van der Waals surface area contributed by atoms with Crippen LogP contribution in [-0.2, 0) is 16.1 Å². The highest BCUT2D eigenvalue weighted by atomic mass is 19.4. The molecule has 0 saturated carbocycles. The molecule has 43 heavy (non-hydrogen) atoms. The maximum atomic E-state index is 13.1. The minimum absolute atomic E-state index is 0.183. The summed E-state index contributed by atoms with van der Waals surface area (Å²) in [6, 6.07) is 14.9. The van der Waals surface area contributed by atoms with E-state index in [1.807, 2.05) is 41.0 Å². The van der Waals surface area contributed by atoms with Crippen molar-refractivity contribution in [3.05, 3.63) is 84.3 Å². The first-order valence-electron chi connectivity index (χ1n) is 12.5. The van der Waals surface area contributed by atoms with E-state index >= 15 is 0 Å². The number of carboxylic acid groups (broad SMARTS) is 2. The Kier molecular flexibility index (Phi) is 10.7. The molecule has 9 nitrogen and oxygen atoms in total. The Morgan fingerprint density at radius 1 is 0.814 bits per heavy atom. The van der Waals surface area contributed by atoms with Gasteiger partial charge < -0.3 is 10.2 Å². The Hall–Kier alpha value is -4.60. The number of piperidine rings is 1. The number of benzene rings is 1. The van der Waals surface area contributed by atoms with E-state index in [1.54, 1.807) is 12.4 Å². The zero-order valence-corrected chi connectivity index (χ0v) is 22.1. The van der Waals surface area contributed by atoms with Crippen molar-refractivity contribution in [3.63, 3.8) is 0 Å². The number of fused-ring (bicyclic) bond motifs is 1. The van der Waals surface area contributed by atoms with Crippen molar-refractivity contribution in [3.8, 4) is 11.1 Å². The molecule has 230 valence electrons. The van der Waals surface area contributed by atoms with E-state index in [9.17, 15) is 30.7 Å². The predicted molar refractivity (Wildman–Crippen MR) is 137 cm³/mol. The number of halogens is 7. The molecule has 2 N–H and O–H groups in total. The Balaban J connectivity index is 0.000000303. The van der Waals surface area contributed by atoms with Crippen LogP contribution in [0.3, 0.4) is 0 Å². The largest absolute Gasteiger partial charge is 0.490 e. The SMILES string of the molecule is Fc1ccc(CN2CCC(c3nc4ccc(-c5ccncc5)cn4n3)CC2)cc1.O=C(O)C(F)(F)F.O=C(O)C(F)(F)F. The highest BCUT2D eigenvalue weighted by Gasteiger charge is 2.38. The average Bonchev–Trinajstić information content (AvgIpc) is 3.38. The lowest BCUT2D eigenvalue weighted by atomic mass is 9.96. The average molecular weight is 616 g/mol. The number of hydrogen-bond donors (Lipinski definition) is 2. The van der Waals surface area contributed by atoms with E-state index < -0.39 is 24.3 Å². The number of pyridine rings is 2. The quantitative estimate of drug-likeness (QED) is 0.286. The normalized spacial score (nSPS) is 14.3. The van der Waals surface area contributed by atoms with Crippen LogP contribution < -0.4 is 0 Å². The fourth-order valence-electron chi connectivity index (χ4n) is 3.99. The van der Waals surface area contributed by atoms with Gasteiger partial charge in [-0.1, -0.05) is 12.1 Å². The van der Waals surface area contributed by atoms with Gasteiger partial charge in [-0.15, -0.1) is 0 Å². The molecule has 0 aliphatic carbocycles. The van der Waals surface area contributed by atoms with Gasteiger partial charge in [0.05, 0.1) is 0 Å². The summed E-state index contributed by atoms with van der Waals surface area (Å²) in [6.45, 7) is 2.86. The fourth-order valence-corrected chi connectivity index (χ4v) is 3.99. The van der Waals surface area contributed by atoms with Crippen molar-refractivity contribution >= 4 is 17.6 Å². The van der Waals surface area contributed by atoms with Gasteiger partial charge >= 0.3 is 24.3 Å². The lowest BCUT2D eigenvalue weighted by Gasteiger charge is -2.30. The molecular formula is C27H24F7N5O4. The van der Waals surface area contributed by atoms with Gasteiger partial charge in [0.2, 0.25) is 0 Å². The number of carbonyl (C=O) groups is 2. The number of likely N-dealkylation sites (tertiary alicyclic amines) is 1. The second-order valence-corrected chi connectivity index (χ2v) is 9.21. The van der Waals surface area contributed by atoms with Crippen LogP contribution in [-0.4, -0.2) is 72.1 Å². The lowest BCUT2D eigenvalue weighted by Crippen LogP contribution is -2.32. The summed E-state index contributed by atoms with van der Waals surface area (Å²) in [5.41, 5.74) is 4.25. The molecule has 16 heteroatoms. The molecule has 1 fully saturated rings. The highest BCUT2D eigenvalue weighted by molar-refractivity contribution is 5.73. The van der Waals surface area contributed by atoms with Crippen LogP contribution in [0.15, 0.2) is 67.1 Å². The molecule has 1 saturated heterocycles. The Morgan fingerprint density at radius 2 is 1.35 bits per heavy atom. The van der Waals surface area contributed by atoms with Crippen molar-refractivity contribution in [2.24, 2.45) is 0 Å². The molecule has 0 amide bonds. The van der Waals surface area contributed by atoms with E-state index in [4.69, 9.17) is 29.9 Å². The monoisotopic (exact) mass is 615 g/mol. The molecule has 5 rings (SSSR count). The summed E-state index contributed by atoms with van der Waals surface area (Å²) in [6.07, 6.45) is -2.46. The Bertz CT molecular complexity index is 1480. The van der Waals surface area contributed by atoms with Gasteiger partial charge in [0.1, 0.15) is 5.82 Å². The van der Waals surface area contributed by atoms with Crippen LogP contribution in [0, 0.1) is 5.82 Å². The van der Waals surface area contributed by atoms with Crippen molar-refractivity contribution in [2.45, 2.75) is 37.7 Å². The smallest absolute Gasteiger partial charge is 0.475 e. The third-order valence-corrected chi connectivity index (χ3v) is 6.12. The minimum Gasteiger partial charge on any atom is -0.475 e. The van der Waals surface area contributed by atoms with E-state index in [-0.39, 0.29) is 5.82 Å². The summed E-state index contributed by atoms with van der Waals surface area (Å²) < 4.78 is 78.4. The lowest BCUT2D eigenvalue weighted by molar-refractivity contribution is -0.193. The van der Waals surface area contributed by atoms with Gasteiger partial charge in [-0.3, -0.25) is 9.88 Å². The first kappa shape index (κ1) is 32.9. The number of aliphatic carboxylic acids is 2. The number of hydrogen-bond acceptors (Lipinski definition) is 6. The van der Waals surface area contributed by atoms with E-state index in [0.717, 1.165) is 60.6 Å². The molecule has 4 heterocycles. The van der Waals surface area contributed by atoms with Crippen molar-refractivity contribution in [1.29, 1.82) is 0 Å². The molecule has 0 atom stereocenters. The van der Waals surface area contributed by atoms with Crippen LogP contribution >= 0.6 is 0 Å². The molecule has 0 unspecified atom stereocenters. The third kappa shape index (κ3) is 10.0. The summed E-state index contributed by atoms with van der Waals surface area (Å²) in [4.78, 5) is 29.1. The number of rotatable bonds is 4. The van der Waals surface area contributed by atoms with Gasteiger partial charge in [-0.25, -0.2) is 23.5 Å². The second kappa shape index (κ2) is 14.0. The summed E-state index contributed by atoms with van der Waals surface area (Å²) >= 11 is 0. The van der Waals surface area contributed by atoms with Crippen LogP contribution in [0.2, 0.25) is 0 Å². The van der Waals surface area contributed by atoms with Gasteiger partial charge in [0.25, 0.3) is 0 Å². The van der Waals surface area contributed by atoms with Crippen molar-refractivity contribution in [1.82, 2.24) is 24.5 Å². The van der Waals surface area contributed by atoms with Gasteiger partial charge in [0.15, 0.2) is 11.5 Å². The van der Waals surface area contributed by atoms with Crippen LogP contribution in [0.25, 0.3) is 16.8 Å². The first-order valence-corrected chi connectivity index (χ1v) is 12.5. The molecule has 4 aromatic rings. The number of carboxylic acids is 2. The topological polar surface area (TPSA) is 121 Å². The van der Waals surface area contributed by atoms with Gasteiger partial charge in [0, 0.05) is 36.6 Å². The number of nitrogens with zero attached hydrogens (tertiary/aromatic N) is 5. The summed E-state index contributed by atoms with van der Waals surface area (Å²) in [5, 5.41) is 19.0. The minimum atomic E-state index is -5.08. The third-order valence-electron chi connectivity index (χ3n) is 6.12. The molecular weight excluding hydrogens is 591 g/mol. The van der Waals surface area contributed by atoms with Gasteiger partial charge in [-0.05, 0) is 73.5 Å². The zero-order chi connectivity index (χ0) is 31.8. The molecule has 0 radical (unpaired) electrons. The van der Waals surface area contributed by atoms with E-state index in [0.29, 0.717) is 5.92 Å². The molecule has 0 bridgehead atoms. The standard InChI is InChI=1S/C23H22FN5.2C2HF3O2/c24-21-4-1-17(2-5-21)15-28-13-9-19(10-14-28)23-26-22-6-3-20(16-29(22)27-23)18-7-11-25-12-8-18;2*3-2(4,5)1(6)7/h1-8,11-12,16,19H,9-10,13-15H2;2*(H,6,7). The Morgan fingerprint density at radius 3 is 1.86 bits per heavy atom. The van der Waals surface area contributed by atoms with E-state index in [2.05, 4.69) is 16.0 Å². The number of alkyl halides is 6. The molecule has 0 spiro atoms. The molecule has 1 aliphatic rings. The second-order valence-electron chi connectivity index (χ2n) is 9.21.